The number of anilines is 1. The van der Waals surface area contributed by atoms with Crippen LogP contribution in [-0.4, -0.2) is 42.6 Å². The second-order valence-electron chi connectivity index (χ2n) is 9.17. The molecule has 194 valence electrons. The van der Waals surface area contributed by atoms with E-state index in [9.17, 15) is 9.59 Å². The standard InChI is InChI=1S/C27H25N5O2S4/c1-15(36-27-31-30-16(2)37-27)25(34)28-17-11-12-20-23(13-17)38-26(29-20)35-14-24(33)32-21-9-5-3-7-18(21)19-8-4-6-10-22(19)32/h3,5,7,9,11-13,15H,4,6,8,10,14H2,1-2H3,(H,28,34)/t15-/m1/s1. The maximum absolute atomic E-state index is 13.4. The summed E-state index contributed by atoms with van der Waals surface area (Å²) >= 11 is 5.90. The molecular formula is C27H25N5O2S4. The lowest BCUT2D eigenvalue weighted by molar-refractivity contribution is -0.115. The first-order valence-corrected chi connectivity index (χ1v) is 15.9. The molecule has 38 heavy (non-hydrogen) atoms. The van der Waals surface area contributed by atoms with E-state index < -0.39 is 0 Å². The second kappa shape index (κ2) is 10.8. The third-order valence-corrected chi connectivity index (χ3v) is 10.7. The lowest BCUT2D eigenvalue weighted by atomic mass is 9.96. The molecule has 1 aliphatic carbocycles. The summed E-state index contributed by atoms with van der Waals surface area (Å²) in [6, 6.07) is 14.0. The summed E-state index contributed by atoms with van der Waals surface area (Å²) in [5.41, 5.74) is 5.12. The number of nitrogens with one attached hydrogen (secondary N) is 1. The van der Waals surface area contributed by atoms with Gasteiger partial charge in [0.05, 0.1) is 26.7 Å². The largest absolute Gasteiger partial charge is 0.325 e. The zero-order valence-electron chi connectivity index (χ0n) is 20.9. The van der Waals surface area contributed by atoms with Crippen LogP contribution >= 0.6 is 46.2 Å². The van der Waals surface area contributed by atoms with Crippen molar-refractivity contribution in [1.82, 2.24) is 19.7 Å². The highest BCUT2D eigenvalue weighted by atomic mass is 32.2. The van der Waals surface area contributed by atoms with Crippen LogP contribution in [0.25, 0.3) is 21.1 Å². The molecule has 3 aromatic heterocycles. The first kappa shape index (κ1) is 25.5. The number of nitrogens with zero attached hydrogens (tertiary/aromatic N) is 4. The minimum Gasteiger partial charge on any atom is -0.325 e. The van der Waals surface area contributed by atoms with Gasteiger partial charge in [-0.3, -0.25) is 14.2 Å². The van der Waals surface area contributed by atoms with E-state index in [4.69, 9.17) is 4.98 Å². The molecule has 0 aliphatic heterocycles. The molecule has 0 unspecified atom stereocenters. The number of amides is 1. The number of carbonyl (C=O) groups is 2. The number of rotatable bonds is 7. The first-order valence-electron chi connectivity index (χ1n) is 12.4. The Labute approximate surface area is 236 Å². The Bertz CT molecular complexity index is 1670. The monoisotopic (exact) mass is 579 g/mol. The second-order valence-corrected chi connectivity index (χ2v) is 14.2. The van der Waals surface area contributed by atoms with Crippen molar-refractivity contribution in [3.63, 3.8) is 0 Å². The van der Waals surface area contributed by atoms with Crippen LogP contribution < -0.4 is 5.32 Å². The number of thiazole rings is 1. The molecule has 0 spiro atoms. The molecule has 11 heteroatoms. The van der Waals surface area contributed by atoms with Crippen LogP contribution in [0.15, 0.2) is 51.1 Å². The lowest BCUT2D eigenvalue weighted by Crippen LogP contribution is -2.22. The molecule has 0 saturated heterocycles. The fraction of sp³-hybridized carbons (Fsp3) is 0.296. The molecule has 1 aliphatic rings. The molecule has 6 rings (SSSR count). The van der Waals surface area contributed by atoms with Crippen molar-refractivity contribution >= 4 is 84.8 Å². The van der Waals surface area contributed by atoms with Crippen molar-refractivity contribution in [2.24, 2.45) is 0 Å². The number of thioether (sulfide) groups is 2. The van der Waals surface area contributed by atoms with Crippen molar-refractivity contribution in [3.05, 3.63) is 58.7 Å². The predicted octanol–water partition coefficient (Wildman–Crippen LogP) is 6.84. The van der Waals surface area contributed by atoms with Crippen molar-refractivity contribution < 1.29 is 9.59 Å². The number of hydrogen-bond donors (Lipinski definition) is 1. The quantitative estimate of drug-likeness (QED) is 0.211. The molecule has 1 amide bonds. The molecule has 0 radical (unpaired) electrons. The lowest BCUT2D eigenvalue weighted by Gasteiger charge is -2.14. The summed E-state index contributed by atoms with van der Waals surface area (Å²) in [6.07, 6.45) is 4.30. The fourth-order valence-electron chi connectivity index (χ4n) is 4.79. The van der Waals surface area contributed by atoms with Gasteiger partial charge in [-0.2, -0.15) is 0 Å². The molecule has 5 aromatic rings. The number of para-hydroxylation sites is 1. The highest BCUT2D eigenvalue weighted by Gasteiger charge is 2.23. The minimum absolute atomic E-state index is 0.0887. The zero-order valence-corrected chi connectivity index (χ0v) is 24.2. The molecule has 2 aromatic carbocycles. The van der Waals surface area contributed by atoms with Gasteiger partial charge in [-0.25, -0.2) is 4.98 Å². The zero-order chi connectivity index (χ0) is 26.2. The van der Waals surface area contributed by atoms with Gasteiger partial charge in [-0.1, -0.05) is 53.1 Å². The summed E-state index contributed by atoms with van der Waals surface area (Å²) in [6.45, 7) is 3.76. The number of benzene rings is 2. The van der Waals surface area contributed by atoms with Gasteiger partial charge in [0.15, 0.2) is 8.68 Å². The van der Waals surface area contributed by atoms with Gasteiger partial charge in [0.2, 0.25) is 11.8 Å². The Morgan fingerprint density at radius 1 is 1.08 bits per heavy atom. The molecule has 1 N–H and O–H groups in total. The van der Waals surface area contributed by atoms with Crippen molar-refractivity contribution in [2.45, 2.75) is 53.5 Å². The molecule has 1 atom stereocenters. The van der Waals surface area contributed by atoms with Crippen LogP contribution in [0.2, 0.25) is 0 Å². The van der Waals surface area contributed by atoms with E-state index in [-0.39, 0.29) is 17.1 Å². The van der Waals surface area contributed by atoms with Crippen LogP contribution in [-0.2, 0) is 17.6 Å². The number of aryl methyl sites for hydroxylation is 2. The van der Waals surface area contributed by atoms with E-state index in [1.165, 1.54) is 57.9 Å². The van der Waals surface area contributed by atoms with Crippen LogP contribution in [0.3, 0.4) is 0 Å². The van der Waals surface area contributed by atoms with Gasteiger partial charge >= 0.3 is 0 Å². The van der Waals surface area contributed by atoms with Gasteiger partial charge in [0.1, 0.15) is 5.01 Å². The normalized spacial score (nSPS) is 14.1. The highest BCUT2D eigenvalue weighted by Crippen LogP contribution is 2.35. The smallest absolute Gasteiger partial charge is 0.241 e. The van der Waals surface area contributed by atoms with E-state index in [1.54, 1.807) is 11.3 Å². The molecule has 0 fully saturated rings. The molecule has 3 heterocycles. The maximum atomic E-state index is 13.4. The Kier molecular flexibility index (Phi) is 7.26. The van der Waals surface area contributed by atoms with Gasteiger partial charge in [0.25, 0.3) is 0 Å². The average molecular weight is 580 g/mol. The van der Waals surface area contributed by atoms with Crippen molar-refractivity contribution in [2.75, 3.05) is 11.1 Å². The Morgan fingerprint density at radius 3 is 2.76 bits per heavy atom. The van der Waals surface area contributed by atoms with Gasteiger partial charge < -0.3 is 5.32 Å². The third-order valence-electron chi connectivity index (χ3n) is 6.54. The summed E-state index contributed by atoms with van der Waals surface area (Å²) in [7, 11) is 0. The molecule has 0 bridgehead atoms. The Morgan fingerprint density at radius 2 is 1.92 bits per heavy atom. The van der Waals surface area contributed by atoms with Gasteiger partial charge in [0, 0.05) is 16.8 Å². The number of fused-ring (bicyclic) bond motifs is 4. The highest BCUT2D eigenvalue weighted by molar-refractivity contribution is 8.02. The van der Waals surface area contributed by atoms with Crippen molar-refractivity contribution in [3.8, 4) is 0 Å². The van der Waals surface area contributed by atoms with E-state index in [0.717, 1.165) is 54.4 Å². The van der Waals surface area contributed by atoms with E-state index in [1.807, 2.05) is 42.7 Å². The van der Waals surface area contributed by atoms with Gasteiger partial charge in [-0.05, 0) is 69.4 Å². The SMILES string of the molecule is Cc1nnc(S[C@H](C)C(=O)Nc2ccc3nc(SCC(=O)n4c5c(c6ccccc64)CCCC5)sc3c2)s1. The van der Waals surface area contributed by atoms with E-state index in [0.29, 0.717) is 5.75 Å². The average Bonchev–Trinajstić information content (AvgIpc) is 3.61. The maximum Gasteiger partial charge on any atom is 0.241 e. The van der Waals surface area contributed by atoms with Crippen LogP contribution in [0.1, 0.15) is 40.8 Å². The molecular weight excluding hydrogens is 555 g/mol. The molecule has 7 nitrogen and oxygen atoms in total. The van der Waals surface area contributed by atoms with Crippen LogP contribution in [0, 0.1) is 6.92 Å². The van der Waals surface area contributed by atoms with E-state index in [2.05, 4.69) is 33.7 Å². The van der Waals surface area contributed by atoms with Crippen molar-refractivity contribution in [1.29, 1.82) is 0 Å². The van der Waals surface area contributed by atoms with E-state index >= 15 is 0 Å². The minimum atomic E-state index is -0.299. The van der Waals surface area contributed by atoms with Crippen LogP contribution in [0.4, 0.5) is 5.69 Å². The number of hydrogen-bond acceptors (Lipinski definition) is 9. The topological polar surface area (TPSA) is 89.8 Å². The first-order chi connectivity index (χ1) is 18.5. The summed E-state index contributed by atoms with van der Waals surface area (Å²) < 4.78 is 4.55. The summed E-state index contributed by atoms with van der Waals surface area (Å²) in [4.78, 5) is 30.9. The summed E-state index contributed by atoms with van der Waals surface area (Å²) in [5.74, 6) is 0.335. The Balaban J connectivity index is 1.14. The van der Waals surface area contributed by atoms with Gasteiger partial charge in [-0.15, -0.1) is 21.5 Å². The predicted molar refractivity (Wildman–Crippen MR) is 158 cm³/mol. The van der Waals surface area contributed by atoms with Crippen LogP contribution in [0.5, 0.6) is 0 Å². The Hall–Kier alpha value is -2.73. The summed E-state index contributed by atoms with van der Waals surface area (Å²) in [5, 5.41) is 12.9. The molecule has 0 saturated carbocycles. The third kappa shape index (κ3) is 5.12. The number of carbonyl (C=O) groups excluding carboxylic acids is 2. The number of aromatic nitrogens is 4. The fourth-order valence-corrected chi connectivity index (χ4v) is 8.70.